The SMILES string of the molecule is Cc1cc(C)c(C(=O)OP(=O)(O)Oc2ccccc2)c(C)c1. The fraction of sp³-hybridized carbons (Fsp3) is 0.188. The van der Waals surface area contributed by atoms with E-state index in [1.807, 2.05) is 19.1 Å². The summed E-state index contributed by atoms with van der Waals surface area (Å²) < 4.78 is 21.5. The number of benzene rings is 2. The third-order valence-electron chi connectivity index (χ3n) is 3.04. The molecule has 1 atom stereocenters. The lowest BCUT2D eigenvalue weighted by molar-refractivity contribution is 0.0682. The van der Waals surface area contributed by atoms with Crippen molar-refractivity contribution in [3.63, 3.8) is 0 Å². The quantitative estimate of drug-likeness (QED) is 0.864. The van der Waals surface area contributed by atoms with Gasteiger partial charge in [0.25, 0.3) is 0 Å². The van der Waals surface area contributed by atoms with E-state index in [-0.39, 0.29) is 11.3 Å². The number of aryl methyl sites for hydroxylation is 3. The van der Waals surface area contributed by atoms with Gasteiger partial charge in [-0.25, -0.2) is 9.36 Å². The van der Waals surface area contributed by atoms with Crippen LogP contribution in [0.4, 0.5) is 0 Å². The zero-order valence-electron chi connectivity index (χ0n) is 12.6. The number of para-hydroxylation sites is 1. The van der Waals surface area contributed by atoms with Crippen LogP contribution >= 0.6 is 7.82 Å². The normalized spacial score (nSPS) is 13.3. The molecule has 2 aromatic carbocycles. The second-order valence-electron chi connectivity index (χ2n) is 5.03. The molecule has 1 unspecified atom stereocenters. The first-order chi connectivity index (χ1) is 10.3. The number of hydrogen-bond donors (Lipinski definition) is 1. The molecule has 6 heteroatoms. The standard InChI is InChI=1S/C16H17O5P/c1-11-9-12(2)15(13(3)10-11)16(17)21-22(18,19)20-14-7-5-4-6-8-14/h4-10H,1-3H3,(H,18,19). The van der Waals surface area contributed by atoms with Gasteiger partial charge in [0.15, 0.2) is 0 Å². The molecular weight excluding hydrogens is 303 g/mol. The minimum Gasteiger partial charge on any atom is -0.395 e. The Bertz CT molecular complexity index is 716. The van der Waals surface area contributed by atoms with Gasteiger partial charge in [0.2, 0.25) is 0 Å². The zero-order chi connectivity index (χ0) is 16.3. The topological polar surface area (TPSA) is 72.8 Å². The molecule has 5 nitrogen and oxygen atoms in total. The van der Waals surface area contributed by atoms with Crippen LogP contribution in [0, 0.1) is 20.8 Å². The van der Waals surface area contributed by atoms with Gasteiger partial charge >= 0.3 is 13.8 Å². The Hall–Kier alpha value is -2.10. The largest absolute Gasteiger partial charge is 0.587 e. The van der Waals surface area contributed by atoms with Crippen molar-refractivity contribution in [2.24, 2.45) is 0 Å². The highest BCUT2D eigenvalue weighted by Crippen LogP contribution is 2.44. The van der Waals surface area contributed by atoms with Gasteiger partial charge in [-0.2, -0.15) is 0 Å². The Morgan fingerprint density at radius 1 is 1.05 bits per heavy atom. The smallest absolute Gasteiger partial charge is 0.395 e. The summed E-state index contributed by atoms with van der Waals surface area (Å²) in [5.74, 6) is -0.727. The molecule has 2 aromatic rings. The zero-order valence-corrected chi connectivity index (χ0v) is 13.5. The van der Waals surface area contributed by atoms with Gasteiger partial charge in [-0.1, -0.05) is 35.9 Å². The fourth-order valence-corrected chi connectivity index (χ4v) is 3.01. The van der Waals surface area contributed by atoms with Crippen molar-refractivity contribution in [2.45, 2.75) is 20.8 Å². The highest BCUT2D eigenvalue weighted by molar-refractivity contribution is 7.48. The van der Waals surface area contributed by atoms with Gasteiger partial charge in [-0.05, 0) is 44.0 Å². The van der Waals surface area contributed by atoms with Crippen LogP contribution in [0.2, 0.25) is 0 Å². The van der Waals surface area contributed by atoms with E-state index in [2.05, 4.69) is 4.52 Å². The van der Waals surface area contributed by atoms with E-state index in [1.54, 1.807) is 32.0 Å². The van der Waals surface area contributed by atoms with Crippen molar-refractivity contribution in [1.29, 1.82) is 0 Å². The van der Waals surface area contributed by atoms with Gasteiger partial charge in [0, 0.05) is 0 Å². The Morgan fingerprint density at radius 2 is 1.59 bits per heavy atom. The second kappa shape index (κ2) is 6.34. The third-order valence-corrected chi connectivity index (χ3v) is 3.88. The Labute approximate surface area is 129 Å². The van der Waals surface area contributed by atoms with E-state index in [0.717, 1.165) is 5.56 Å². The monoisotopic (exact) mass is 320 g/mol. The maximum atomic E-state index is 12.2. The lowest BCUT2D eigenvalue weighted by Gasteiger charge is -2.15. The van der Waals surface area contributed by atoms with Crippen molar-refractivity contribution in [2.75, 3.05) is 0 Å². The summed E-state index contributed by atoms with van der Waals surface area (Å²) in [6.07, 6.45) is 0. The lowest BCUT2D eigenvalue weighted by atomic mass is 10.0. The summed E-state index contributed by atoms with van der Waals surface area (Å²) in [7, 11) is -4.54. The molecule has 0 fully saturated rings. The molecule has 0 saturated carbocycles. The van der Waals surface area contributed by atoms with Crippen molar-refractivity contribution in [3.8, 4) is 5.75 Å². The van der Waals surface area contributed by atoms with Crippen LogP contribution in [-0.2, 0) is 9.09 Å². The lowest BCUT2D eigenvalue weighted by Crippen LogP contribution is -2.10. The van der Waals surface area contributed by atoms with Crippen LogP contribution in [0.25, 0.3) is 0 Å². The molecule has 0 aliphatic carbocycles. The Balaban J connectivity index is 2.19. The van der Waals surface area contributed by atoms with Gasteiger partial charge in [0.1, 0.15) is 5.75 Å². The number of phosphoric acid groups is 1. The summed E-state index contributed by atoms with van der Waals surface area (Å²) in [5, 5.41) is 0. The van der Waals surface area contributed by atoms with Gasteiger partial charge in [0.05, 0.1) is 5.56 Å². The van der Waals surface area contributed by atoms with E-state index in [9.17, 15) is 14.3 Å². The molecule has 0 spiro atoms. The van der Waals surface area contributed by atoms with E-state index >= 15 is 0 Å². The molecule has 0 aromatic heterocycles. The summed E-state index contributed by atoms with van der Waals surface area (Å²) >= 11 is 0. The van der Waals surface area contributed by atoms with Crippen LogP contribution in [-0.4, -0.2) is 10.9 Å². The highest BCUT2D eigenvalue weighted by Gasteiger charge is 2.30. The molecule has 116 valence electrons. The summed E-state index contributed by atoms with van der Waals surface area (Å²) in [5.41, 5.74) is 2.64. The van der Waals surface area contributed by atoms with Crippen LogP contribution < -0.4 is 4.52 Å². The number of rotatable bonds is 4. The summed E-state index contributed by atoms with van der Waals surface area (Å²) in [6, 6.07) is 11.6. The highest BCUT2D eigenvalue weighted by atomic mass is 31.2. The molecule has 0 aliphatic rings. The maximum Gasteiger partial charge on any atom is 0.587 e. The van der Waals surface area contributed by atoms with E-state index < -0.39 is 13.8 Å². The predicted molar refractivity (Wildman–Crippen MR) is 83.0 cm³/mol. The van der Waals surface area contributed by atoms with Crippen molar-refractivity contribution in [3.05, 3.63) is 64.7 Å². The Kier molecular flexibility index (Phi) is 4.69. The summed E-state index contributed by atoms with van der Waals surface area (Å²) in [6.45, 7) is 5.40. The van der Waals surface area contributed by atoms with Gasteiger partial charge in [-0.3, -0.25) is 4.89 Å². The average molecular weight is 320 g/mol. The van der Waals surface area contributed by atoms with Crippen molar-refractivity contribution < 1.29 is 23.3 Å². The molecule has 0 saturated heterocycles. The molecule has 0 amide bonds. The third kappa shape index (κ3) is 3.97. The molecule has 22 heavy (non-hydrogen) atoms. The molecule has 0 heterocycles. The van der Waals surface area contributed by atoms with E-state index in [0.29, 0.717) is 11.1 Å². The number of carbonyl (C=O) groups excluding carboxylic acids is 1. The molecule has 0 radical (unpaired) electrons. The number of hydrogen-bond acceptors (Lipinski definition) is 4. The number of carbonyl (C=O) groups is 1. The van der Waals surface area contributed by atoms with Crippen molar-refractivity contribution in [1.82, 2.24) is 0 Å². The first kappa shape index (κ1) is 16.3. The Morgan fingerprint density at radius 3 is 2.14 bits per heavy atom. The predicted octanol–water partition coefficient (Wildman–Crippen LogP) is 3.95. The second-order valence-corrected chi connectivity index (χ2v) is 6.33. The molecule has 0 bridgehead atoms. The molecule has 0 aliphatic heterocycles. The molecule has 1 N–H and O–H groups in total. The minimum absolute atomic E-state index is 0.151. The van der Waals surface area contributed by atoms with Crippen LogP contribution in [0.1, 0.15) is 27.0 Å². The van der Waals surface area contributed by atoms with E-state index in [4.69, 9.17) is 4.52 Å². The van der Waals surface area contributed by atoms with Crippen molar-refractivity contribution >= 4 is 13.8 Å². The number of phosphoric ester groups is 1. The molecular formula is C16H17O5P. The maximum absolute atomic E-state index is 12.2. The van der Waals surface area contributed by atoms with Crippen LogP contribution in [0.5, 0.6) is 5.75 Å². The van der Waals surface area contributed by atoms with Gasteiger partial charge < -0.3 is 9.05 Å². The minimum atomic E-state index is -4.54. The average Bonchev–Trinajstić information content (AvgIpc) is 2.36. The summed E-state index contributed by atoms with van der Waals surface area (Å²) in [4.78, 5) is 21.9. The van der Waals surface area contributed by atoms with E-state index in [1.165, 1.54) is 12.1 Å². The first-order valence-corrected chi connectivity index (χ1v) is 8.17. The fourth-order valence-electron chi connectivity index (χ4n) is 2.29. The van der Waals surface area contributed by atoms with Crippen LogP contribution in [0.3, 0.4) is 0 Å². The van der Waals surface area contributed by atoms with Crippen LogP contribution in [0.15, 0.2) is 42.5 Å². The first-order valence-electron chi connectivity index (χ1n) is 6.68. The van der Waals surface area contributed by atoms with Gasteiger partial charge in [-0.15, -0.1) is 0 Å². The molecule has 2 rings (SSSR count).